The molecule has 0 saturated carbocycles. The summed E-state index contributed by atoms with van der Waals surface area (Å²) in [7, 11) is 0. The third kappa shape index (κ3) is 4.53. The van der Waals surface area contributed by atoms with Gasteiger partial charge in [-0.25, -0.2) is 0 Å². The third-order valence-electron chi connectivity index (χ3n) is 3.71. The van der Waals surface area contributed by atoms with Crippen LogP contribution in [-0.4, -0.2) is 35.1 Å². The molecule has 0 heterocycles. The molecule has 0 radical (unpaired) electrons. The van der Waals surface area contributed by atoms with E-state index in [4.69, 9.17) is 10.8 Å². The molecule has 1 rings (SSSR count). The molecule has 20 heavy (non-hydrogen) atoms. The van der Waals surface area contributed by atoms with Crippen LogP contribution in [-0.2, 0) is 11.2 Å². The monoisotopic (exact) mass is 278 g/mol. The number of nitrogen functional groups attached to an aromatic ring is 1. The molecule has 1 aromatic carbocycles. The number of carbonyl (C=O) groups excluding carboxylic acids is 1. The zero-order valence-corrected chi connectivity index (χ0v) is 12.5. The van der Waals surface area contributed by atoms with Crippen LogP contribution in [0.15, 0.2) is 24.3 Å². The number of nitrogens with two attached hydrogens (primary N) is 1. The van der Waals surface area contributed by atoms with Crippen molar-refractivity contribution >= 4 is 11.6 Å². The van der Waals surface area contributed by atoms with E-state index in [1.165, 1.54) is 0 Å². The lowest BCUT2D eigenvalue weighted by molar-refractivity contribution is -0.134. The normalized spacial score (nSPS) is 10.8. The number of nitrogens with zero attached hydrogens (tertiary/aromatic N) is 1. The second-order valence-corrected chi connectivity index (χ2v) is 4.98. The molecule has 1 aromatic rings. The van der Waals surface area contributed by atoms with Crippen LogP contribution in [0.25, 0.3) is 0 Å². The minimum atomic E-state index is 0.00964. The summed E-state index contributed by atoms with van der Waals surface area (Å²) in [6.45, 7) is 4.56. The Kier molecular flexibility index (Phi) is 7.09. The smallest absolute Gasteiger partial charge is 0.223 e. The van der Waals surface area contributed by atoms with E-state index < -0.39 is 0 Å². The van der Waals surface area contributed by atoms with Crippen molar-refractivity contribution in [1.29, 1.82) is 0 Å². The lowest BCUT2D eigenvalue weighted by Crippen LogP contribution is -2.41. The number of rotatable bonds is 8. The Labute approximate surface area is 121 Å². The second-order valence-electron chi connectivity index (χ2n) is 4.98. The molecular formula is C16H26N2O2. The van der Waals surface area contributed by atoms with Gasteiger partial charge in [0.1, 0.15) is 0 Å². The molecule has 1 amide bonds. The van der Waals surface area contributed by atoms with Crippen molar-refractivity contribution in [2.24, 2.45) is 0 Å². The highest BCUT2D eigenvalue weighted by Gasteiger charge is 2.20. The number of para-hydroxylation sites is 1. The summed E-state index contributed by atoms with van der Waals surface area (Å²) in [5, 5.41) is 9.14. The van der Waals surface area contributed by atoms with Crippen molar-refractivity contribution in [3.05, 3.63) is 29.8 Å². The molecular weight excluding hydrogens is 252 g/mol. The Bertz CT molecular complexity index is 417. The van der Waals surface area contributed by atoms with E-state index in [9.17, 15) is 4.79 Å². The van der Waals surface area contributed by atoms with Gasteiger partial charge in [0.05, 0.1) is 6.61 Å². The largest absolute Gasteiger partial charge is 0.399 e. The summed E-state index contributed by atoms with van der Waals surface area (Å²) in [6.07, 6.45) is 2.91. The zero-order valence-electron chi connectivity index (χ0n) is 12.5. The van der Waals surface area contributed by atoms with E-state index in [-0.39, 0.29) is 18.6 Å². The van der Waals surface area contributed by atoms with Crippen LogP contribution < -0.4 is 5.73 Å². The fraction of sp³-hybridized carbons (Fsp3) is 0.562. The SMILES string of the molecule is CCC(CC)N(CCO)C(=O)CCc1ccccc1N. The molecule has 0 atom stereocenters. The first-order valence-electron chi connectivity index (χ1n) is 7.37. The molecule has 0 aliphatic carbocycles. The van der Waals surface area contributed by atoms with E-state index >= 15 is 0 Å². The molecule has 0 fully saturated rings. The van der Waals surface area contributed by atoms with Crippen LogP contribution in [0.1, 0.15) is 38.7 Å². The molecule has 0 aliphatic rings. The first-order chi connectivity index (χ1) is 9.63. The van der Waals surface area contributed by atoms with Gasteiger partial charge < -0.3 is 15.7 Å². The van der Waals surface area contributed by atoms with E-state index in [2.05, 4.69) is 13.8 Å². The summed E-state index contributed by atoms with van der Waals surface area (Å²) < 4.78 is 0. The highest BCUT2D eigenvalue weighted by Crippen LogP contribution is 2.15. The minimum absolute atomic E-state index is 0.00964. The summed E-state index contributed by atoms with van der Waals surface area (Å²) in [4.78, 5) is 14.2. The Hall–Kier alpha value is -1.55. The second kappa shape index (κ2) is 8.59. The standard InChI is InChI=1S/C16H26N2O2/c1-3-14(4-2)18(11-12-19)16(20)10-9-13-7-5-6-8-15(13)17/h5-8,14,19H,3-4,9-12,17H2,1-2H3. The maximum Gasteiger partial charge on any atom is 0.223 e. The zero-order chi connectivity index (χ0) is 15.0. The topological polar surface area (TPSA) is 66.6 Å². The van der Waals surface area contributed by atoms with E-state index in [1.807, 2.05) is 24.3 Å². The van der Waals surface area contributed by atoms with Gasteiger partial charge in [-0.2, -0.15) is 0 Å². The van der Waals surface area contributed by atoms with Crippen LogP contribution >= 0.6 is 0 Å². The van der Waals surface area contributed by atoms with Gasteiger partial charge in [-0.05, 0) is 30.9 Å². The summed E-state index contributed by atoms with van der Waals surface area (Å²) in [6, 6.07) is 7.84. The Morgan fingerprint density at radius 2 is 1.95 bits per heavy atom. The lowest BCUT2D eigenvalue weighted by atomic mass is 10.1. The van der Waals surface area contributed by atoms with Crippen LogP contribution in [0, 0.1) is 0 Å². The fourth-order valence-electron chi connectivity index (χ4n) is 2.50. The number of aliphatic hydroxyl groups excluding tert-OH is 1. The number of aryl methyl sites for hydroxylation is 1. The molecule has 0 aromatic heterocycles. The summed E-state index contributed by atoms with van der Waals surface area (Å²) in [5.41, 5.74) is 7.63. The molecule has 4 nitrogen and oxygen atoms in total. The van der Waals surface area contributed by atoms with E-state index in [0.717, 1.165) is 24.1 Å². The van der Waals surface area contributed by atoms with Gasteiger partial charge in [0.15, 0.2) is 0 Å². The Morgan fingerprint density at radius 3 is 2.50 bits per heavy atom. The van der Waals surface area contributed by atoms with Gasteiger partial charge in [0, 0.05) is 24.7 Å². The van der Waals surface area contributed by atoms with E-state index in [0.29, 0.717) is 19.4 Å². The fourth-order valence-corrected chi connectivity index (χ4v) is 2.50. The number of carbonyl (C=O) groups is 1. The first kappa shape index (κ1) is 16.5. The molecule has 112 valence electrons. The van der Waals surface area contributed by atoms with Crippen LogP contribution in [0.2, 0.25) is 0 Å². The first-order valence-corrected chi connectivity index (χ1v) is 7.37. The molecule has 0 unspecified atom stereocenters. The molecule has 0 aliphatic heterocycles. The maximum atomic E-state index is 12.4. The Balaban J connectivity index is 2.64. The number of hydrogen-bond donors (Lipinski definition) is 2. The van der Waals surface area contributed by atoms with Crippen LogP contribution in [0.4, 0.5) is 5.69 Å². The van der Waals surface area contributed by atoms with Gasteiger partial charge >= 0.3 is 0 Å². The van der Waals surface area contributed by atoms with Gasteiger partial charge in [-0.1, -0.05) is 32.0 Å². The maximum absolute atomic E-state index is 12.4. The van der Waals surface area contributed by atoms with Crippen molar-refractivity contribution in [3.63, 3.8) is 0 Å². The highest BCUT2D eigenvalue weighted by molar-refractivity contribution is 5.77. The Morgan fingerprint density at radius 1 is 1.30 bits per heavy atom. The predicted octanol–water partition coefficient (Wildman–Crippen LogP) is 2.21. The lowest BCUT2D eigenvalue weighted by Gasteiger charge is -2.30. The number of benzene rings is 1. The molecule has 3 N–H and O–H groups in total. The average Bonchev–Trinajstić information content (AvgIpc) is 2.46. The number of anilines is 1. The average molecular weight is 278 g/mol. The highest BCUT2D eigenvalue weighted by atomic mass is 16.3. The number of amides is 1. The van der Waals surface area contributed by atoms with Crippen molar-refractivity contribution in [1.82, 2.24) is 4.90 Å². The van der Waals surface area contributed by atoms with Crippen molar-refractivity contribution < 1.29 is 9.90 Å². The van der Waals surface area contributed by atoms with Crippen LogP contribution in [0.5, 0.6) is 0 Å². The van der Waals surface area contributed by atoms with Gasteiger partial charge in [-0.3, -0.25) is 4.79 Å². The number of hydrogen-bond acceptors (Lipinski definition) is 3. The molecule has 0 spiro atoms. The minimum Gasteiger partial charge on any atom is -0.399 e. The third-order valence-corrected chi connectivity index (χ3v) is 3.71. The molecule has 0 saturated heterocycles. The molecule has 0 bridgehead atoms. The van der Waals surface area contributed by atoms with Crippen molar-refractivity contribution in [3.8, 4) is 0 Å². The van der Waals surface area contributed by atoms with Gasteiger partial charge in [0.2, 0.25) is 5.91 Å². The molecule has 4 heteroatoms. The van der Waals surface area contributed by atoms with Crippen LogP contribution in [0.3, 0.4) is 0 Å². The van der Waals surface area contributed by atoms with Crippen molar-refractivity contribution in [2.75, 3.05) is 18.9 Å². The number of aliphatic hydroxyl groups is 1. The predicted molar refractivity (Wildman–Crippen MR) is 82.3 cm³/mol. The van der Waals surface area contributed by atoms with E-state index in [1.54, 1.807) is 4.90 Å². The van der Waals surface area contributed by atoms with Gasteiger partial charge in [0.25, 0.3) is 0 Å². The summed E-state index contributed by atoms with van der Waals surface area (Å²) in [5.74, 6) is 0.0935. The summed E-state index contributed by atoms with van der Waals surface area (Å²) >= 11 is 0. The van der Waals surface area contributed by atoms with Crippen molar-refractivity contribution in [2.45, 2.75) is 45.6 Å². The quantitative estimate of drug-likeness (QED) is 0.716. The van der Waals surface area contributed by atoms with Gasteiger partial charge in [-0.15, -0.1) is 0 Å².